The molecular formula is C9H10BrClO. The molecule has 3 heteroatoms. The molecule has 66 valence electrons. The molecule has 0 radical (unpaired) electrons. The first-order chi connectivity index (χ1) is 5.75. The molecule has 0 aromatic heterocycles. The van der Waals surface area contributed by atoms with E-state index in [0.717, 1.165) is 15.1 Å². The van der Waals surface area contributed by atoms with Crippen LogP contribution in [0.1, 0.15) is 12.5 Å². The topological polar surface area (TPSA) is 9.23 Å². The molecule has 1 aromatic rings. The fourth-order valence-electron chi connectivity index (χ4n) is 0.874. The number of hydrogen-bond donors (Lipinski definition) is 0. The van der Waals surface area contributed by atoms with Gasteiger partial charge in [-0.05, 0) is 19.1 Å². The highest BCUT2D eigenvalue weighted by Gasteiger charge is 2.03. The van der Waals surface area contributed by atoms with Crippen LogP contribution in [0.25, 0.3) is 0 Å². The van der Waals surface area contributed by atoms with E-state index >= 15 is 0 Å². The summed E-state index contributed by atoms with van der Waals surface area (Å²) in [4.78, 5) is 0. The van der Waals surface area contributed by atoms with Crippen LogP contribution >= 0.6 is 27.5 Å². The van der Waals surface area contributed by atoms with E-state index in [1.54, 1.807) is 0 Å². The molecular weight excluding hydrogens is 239 g/mol. The van der Waals surface area contributed by atoms with Crippen molar-refractivity contribution in [3.63, 3.8) is 0 Å². The SMILES string of the molecule is CCOCc1c(Cl)cccc1Br. The molecule has 0 atom stereocenters. The zero-order valence-corrected chi connectivity index (χ0v) is 9.15. The molecule has 0 heterocycles. The number of ether oxygens (including phenoxy) is 1. The Bertz CT molecular complexity index is 242. The van der Waals surface area contributed by atoms with Gasteiger partial charge in [-0.25, -0.2) is 0 Å². The summed E-state index contributed by atoms with van der Waals surface area (Å²) < 4.78 is 6.27. The highest BCUT2D eigenvalue weighted by atomic mass is 79.9. The summed E-state index contributed by atoms with van der Waals surface area (Å²) in [6.07, 6.45) is 0. The van der Waals surface area contributed by atoms with E-state index in [0.29, 0.717) is 13.2 Å². The van der Waals surface area contributed by atoms with E-state index in [2.05, 4.69) is 15.9 Å². The molecule has 0 saturated heterocycles. The average molecular weight is 250 g/mol. The van der Waals surface area contributed by atoms with Gasteiger partial charge in [-0.3, -0.25) is 0 Å². The minimum absolute atomic E-state index is 0.566. The lowest BCUT2D eigenvalue weighted by Gasteiger charge is -2.05. The zero-order valence-electron chi connectivity index (χ0n) is 6.81. The summed E-state index contributed by atoms with van der Waals surface area (Å²) in [5, 5.41) is 0.748. The molecule has 12 heavy (non-hydrogen) atoms. The number of benzene rings is 1. The summed E-state index contributed by atoms with van der Waals surface area (Å²) in [6, 6.07) is 5.72. The highest BCUT2D eigenvalue weighted by Crippen LogP contribution is 2.25. The molecule has 0 aliphatic rings. The minimum Gasteiger partial charge on any atom is -0.377 e. The molecule has 0 saturated carbocycles. The molecule has 1 rings (SSSR count). The Balaban J connectivity index is 2.81. The van der Waals surface area contributed by atoms with Crippen LogP contribution in [0.2, 0.25) is 5.02 Å². The fourth-order valence-corrected chi connectivity index (χ4v) is 1.70. The Morgan fingerprint density at radius 3 is 2.83 bits per heavy atom. The second-order valence-corrected chi connectivity index (χ2v) is 3.60. The van der Waals surface area contributed by atoms with E-state index < -0.39 is 0 Å². The van der Waals surface area contributed by atoms with Crippen molar-refractivity contribution in [2.45, 2.75) is 13.5 Å². The van der Waals surface area contributed by atoms with Gasteiger partial charge in [0, 0.05) is 21.7 Å². The van der Waals surface area contributed by atoms with Crippen LogP contribution in [0.5, 0.6) is 0 Å². The van der Waals surface area contributed by atoms with E-state index in [1.807, 2.05) is 25.1 Å². The van der Waals surface area contributed by atoms with Crippen molar-refractivity contribution < 1.29 is 4.74 Å². The van der Waals surface area contributed by atoms with Crippen LogP contribution in [0.4, 0.5) is 0 Å². The van der Waals surface area contributed by atoms with Crippen LogP contribution in [0.15, 0.2) is 22.7 Å². The largest absolute Gasteiger partial charge is 0.377 e. The maximum Gasteiger partial charge on any atom is 0.0742 e. The van der Waals surface area contributed by atoms with Gasteiger partial charge in [-0.2, -0.15) is 0 Å². The third-order valence-electron chi connectivity index (χ3n) is 1.51. The van der Waals surface area contributed by atoms with Gasteiger partial charge >= 0.3 is 0 Å². The lowest BCUT2D eigenvalue weighted by Crippen LogP contribution is -1.93. The third kappa shape index (κ3) is 2.47. The van der Waals surface area contributed by atoms with Crippen LogP contribution in [-0.4, -0.2) is 6.61 Å². The molecule has 0 aliphatic heterocycles. The smallest absolute Gasteiger partial charge is 0.0742 e. The minimum atomic E-state index is 0.566. The Morgan fingerprint density at radius 2 is 2.25 bits per heavy atom. The van der Waals surface area contributed by atoms with Crippen molar-refractivity contribution >= 4 is 27.5 Å². The monoisotopic (exact) mass is 248 g/mol. The molecule has 0 N–H and O–H groups in total. The average Bonchev–Trinajstić information content (AvgIpc) is 2.04. The summed E-state index contributed by atoms with van der Waals surface area (Å²) in [6.45, 7) is 3.24. The quantitative estimate of drug-likeness (QED) is 0.795. The van der Waals surface area contributed by atoms with Gasteiger partial charge in [-0.1, -0.05) is 33.6 Å². The summed E-state index contributed by atoms with van der Waals surface area (Å²) in [5.41, 5.74) is 1.01. The van der Waals surface area contributed by atoms with Crippen molar-refractivity contribution in [2.75, 3.05) is 6.61 Å². The maximum absolute atomic E-state index is 5.96. The van der Waals surface area contributed by atoms with Gasteiger partial charge < -0.3 is 4.74 Å². The predicted molar refractivity (Wildman–Crippen MR) is 54.5 cm³/mol. The first kappa shape index (κ1) is 10.0. The van der Waals surface area contributed by atoms with Gasteiger partial charge in [0.05, 0.1) is 6.61 Å². The van der Waals surface area contributed by atoms with Gasteiger partial charge in [0.25, 0.3) is 0 Å². The standard InChI is InChI=1S/C9H10BrClO/c1-2-12-6-7-8(10)4-3-5-9(7)11/h3-5H,2,6H2,1H3. The van der Waals surface area contributed by atoms with E-state index in [-0.39, 0.29) is 0 Å². The van der Waals surface area contributed by atoms with Crippen LogP contribution in [-0.2, 0) is 11.3 Å². The van der Waals surface area contributed by atoms with E-state index in [1.165, 1.54) is 0 Å². The molecule has 0 bridgehead atoms. The Hall–Kier alpha value is -0.0500. The molecule has 0 spiro atoms. The number of rotatable bonds is 3. The van der Waals surface area contributed by atoms with E-state index in [9.17, 15) is 0 Å². The summed E-state index contributed by atoms with van der Waals surface area (Å²) in [5.74, 6) is 0. The Kier molecular flexibility index (Phi) is 4.06. The van der Waals surface area contributed by atoms with Crippen molar-refractivity contribution in [2.24, 2.45) is 0 Å². The second-order valence-electron chi connectivity index (χ2n) is 2.34. The fraction of sp³-hybridized carbons (Fsp3) is 0.333. The lowest BCUT2D eigenvalue weighted by atomic mass is 10.2. The van der Waals surface area contributed by atoms with E-state index in [4.69, 9.17) is 16.3 Å². The highest BCUT2D eigenvalue weighted by molar-refractivity contribution is 9.10. The predicted octanol–water partition coefficient (Wildman–Crippen LogP) is 3.64. The molecule has 1 aromatic carbocycles. The van der Waals surface area contributed by atoms with Gasteiger partial charge in [0.2, 0.25) is 0 Å². The molecule has 0 amide bonds. The molecule has 1 nitrogen and oxygen atoms in total. The molecule has 0 fully saturated rings. The first-order valence-electron chi connectivity index (χ1n) is 3.76. The van der Waals surface area contributed by atoms with Crippen molar-refractivity contribution in [1.29, 1.82) is 0 Å². The van der Waals surface area contributed by atoms with Gasteiger partial charge in [0.15, 0.2) is 0 Å². The lowest BCUT2D eigenvalue weighted by molar-refractivity contribution is 0.133. The maximum atomic E-state index is 5.96. The summed E-state index contributed by atoms with van der Waals surface area (Å²) >= 11 is 9.37. The summed E-state index contributed by atoms with van der Waals surface area (Å²) in [7, 11) is 0. The van der Waals surface area contributed by atoms with Crippen LogP contribution in [0, 0.1) is 0 Å². The van der Waals surface area contributed by atoms with Crippen molar-refractivity contribution in [3.05, 3.63) is 33.3 Å². The van der Waals surface area contributed by atoms with Crippen LogP contribution in [0.3, 0.4) is 0 Å². The Morgan fingerprint density at radius 1 is 1.50 bits per heavy atom. The normalized spacial score (nSPS) is 10.2. The molecule has 0 aliphatic carbocycles. The van der Waals surface area contributed by atoms with Crippen molar-refractivity contribution in [3.8, 4) is 0 Å². The van der Waals surface area contributed by atoms with Gasteiger partial charge in [-0.15, -0.1) is 0 Å². The number of halogens is 2. The second kappa shape index (κ2) is 4.85. The third-order valence-corrected chi connectivity index (χ3v) is 2.61. The van der Waals surface area contributed by atoms with Crippen LogP contribution < -0.4 is 0 Å². The Labute approximate surface area is 85.8 Å². The first-order valence-corrected chi connectivity index (χ1v) is 4.93. The van der Waals surface area contributed by atoms with Gasteiger partial charge in [0.1, 0.15) is 0 Å². The van der Waals surface area contributed by atoms with Crippen molar-refractivity contribution in [1.82, 2.24) is 0 Å². The number of hydrogen-bond acceptors (Lipinski definition) is 1. The molecule has 0 unspecified atom stereocenters. The zero-order chi connectivity index (χ0) is 8.97.